The van der Waals surface area contributed by atoms with Crippen molar-refractivity contribution < 1.29 is 18.3 Å². The van der Waals surface area contributed by atoms with Crippen LogP contribution >= 0.6 is 0 Å². The number of benzene rings is 1. The summed E-state index contributed by atoms with van der Waals surface area (Å²) < 4.78 is 33.0. The highest BCUT2D eigenvalue weighted by Gasteiger charge is 2.04. The van der Waals surface area contributed by atoms with E-state index >= 15 is 0 Å². The summed E-state index contributed by atoms with van der Waals surface area (Å²) in [6.45, 7) is -1.93. The number of hydrazine groups is 1. The lowest BCUT2D eigenvalue weighted by Gasteiger charge is -2.10. The van der Waals surface area contributed by atoms with Gasteiger partial charge in [-0.25, -0.2) is 10.8 Å². The fourth-order valence-corrected chi connectivity index (χ4v) is 1.23. The lowest BCUT2D eigenvalue weighted by molar-refractivity contribution is -0.0498. The van der Waals surface area contributed by atoms with Crippen molar-refractivity contribution in [3.05, 3.63) is 24.3 Å². The number of aliphatic imine (C=N–C) groups is 1. The van der Waals surface area contributed by atoms with Gasteiger partial charge < -0.3 is 14.8 Å². The number of guanidine groups is 1. The molecule has 6 nitrogen and oxygen atoms in total. The van der Waals surface area contributed by atoms with Crippen LogP contribution in [-0.4, -0.2) is 32.8 Å². The molecule has 0 atom stereocenters. The van der Waals surface area contributed by atoms with Crippen molar-refractivity contribution >= 4 is 11.6 Å². The monoisotopic (exact) mass is 274 g/mol. The van der Waals surface area contributed by atoms with Crippen molar-refractivity contribution in [1.29, 1.82) is 0 Å². The Kier molecular flexibility index (Phi) is 6.55. The molecule has 1 aromatic carbocycles. The van der Waals surface area contributed by atoms with Gasteiger partial charge in [-0.2, -0.15) is 8.78 Å². The molecule has 0 aliphatic carbocycles. The van der Waals surface area contributed by atoms with Gasteiger partial charge in [0.2, 0.25) is 5.96 Å². The first kappa shape index (κ1) is 15.1. The predicted molar refractivity (Wildman–Crippen MR) is 68.2 cm³/mol. The third-order valence-corrected chi connectivity index (χ3v) is 2.04. The maximum absolute atomic E-state index is 12.0. The van der Waals surface area contributed by atoms with E-state index in [1.54, 1.807) is 19.2 Å². The van der Waals surface area contributed by atoms with Crippen LogP contribution in [0.25, 0.3) is 0 Å². The minimum Gasteiger partial charge on any atom is -0.435 e. The van der Waals surface area contributed by atoms with Gasteiger partial charge in [0, 0.05) is 12.8 Å². The number of hydrogen-bond donors (Lipinski definition) is 3. The van der Waals surface area contributed by atoms with Gasteiger partial charge in [-0.3, -0.25) is 5.43 Å². The molecule has 0 spiro atoms. The lowest BCUT2D eigenvalue weighted by Crippen LogP contribution is -2.36. The van der Waals surface area contributed by atoms with Crippen LogP contribution in [0.3, 0.4) is 0 Å². The summed E-state index contributed by atoms with van der Waals surface area (Å²) in [7, 11) is 1.57. The molecule has 106 valence electrons. The van der Waals surface area contributed by atoms with Crippen molar-refractivity contribution in [1.82, 2.24) is 5.43 Å². The lowest BCUT2D eigenvalue weighted by atomic mass is 10.3. The van der Waals surface area contributed by atoms with Gasteiger partial charge in [0.25, 0.3) is 0 Å². The molecule has 8 heteroatoms. The first-order valence-electron chi connectivity index (χ1n) is 5.47. The fourth-order valence-electron chi connectivity index (χ4n) is 1.23. The van der Waals surface area contributed by atoms with E-state index in [0.29, 0.717) is 24.8 Å². The average molecular weight is 274 g/mol. The molecule has 0 saturated heterocycles. The fraction of sp³-hybridized carbons (Fsp3) is 0.364. The molecule has 0 heterocycles. The summed E-state index contributed by atoms with van der Waals surface area (Å²) in [4.78, 5) is 4.09. The molecule has 0 bridgehead atoms. The average Bonchev–Trinajstić information content (AvgIpc) is 2.39. The molecule has 1 aromatic rings. The number of halogens is 2. The Morgan fingerprint density at radius 2 is 2.05 bits per heavy atom. The number of anilines is 1. The Bertz CT molecular complexity index is 398. The van der Waals surface area contributed by atoms with E-state index in [0.717, 1.165) is 0 Å². The van der Waals surface area contributed by atoms with Crippen molar-refractivity contribution in [2.75, 3.05) is 25.6 Å². The van der Waals surface area contributed by atoms with E-state index in [9.17, 15) is 8.78 Å². The van der Waals surface area contributed by atoms with Gasteiger partial charge in [-0.1, -0.05) is 0 Å². The summed E-state index contributed by atoms with van der Waals surface area (Å²) >= 11 is 0. The van der Waals surface area contributed by atoms with Crippen LogP contribution in [0.5, 0.6) is 5.75 Å². The highest BCUT2D eigenvalue weighted by Crippen LogP contribution is 2.17. The zero-order chi connectivity index (χ0) is 14.1. The Morgan fingerprint density at radius 1 is 1.37 bits per heavy atom. The summed E-state index contributed by atoms with van der Waals surface area (Å²) in [5, 5.41) is 2.88. The molecular formula is C11H16F2N4O2. The number of nitrogens with zero attached hydrogens (tertiary/aromatic N) is 1. The first-order valence-corrected chi connectivity index (χ1v) is 5.47. The highest BCUT2D eigenvalue weighted by molar-refractivity contribution is 5.93. The Hall–Kier alpha value is -1.93. The van der Waals surface area contributed by atoms with Crippen molar-refractivity contribution in [2.45, 2.75) is 6.61 Å². The summed E-state index contributed by atoms with van der Waals surface area (Å²) in [5.41, 5.74) is 3.02. The van der Waals surface area contributed by atoms with Crippen LogP contribution in [0, 0.1) is 0 Å². The Morgan fingerprint density at radius 3 is 2.58 bits per heavy atom. The summed E-state index contributed by atoms with van der Waals surface area (Å²) in [6.07, 6.45) is 0. The van der Waals surface area contributed by atoms with E-state index in [1.807, 2.05) is 0 Å². The van der Waals surface area contributed by atoms with Crippen LogP contribution in [0.1, 0.15) is 0 Å². The number of hydrogen-bond acceptors (Lipinski definition) is 4. The second kappa shape index (κ2) is 8.22. The zero-order valence-corrected chi connectivity index (χ0v) is 10.4. The zero-order valence-electron chi connectivity index (χ0n) is 10.4. The van der Waals surface area contributed by atoms with Crippen LogP contribution in [-0.2, 0) is 4.74 Å². The molecule has 0 fully saturated rings. The molecule has 1 rings (SSSR count). The van der Waals surface area contributed by atoms with Gasteiger partial charge in [0.1, 0.15) is 5.75 Å². The molecule has 0 aliphatic rings. The van der Waals surface area contributed by atoms with Crippen LogP contribution < -0.4 is 21.3 Å². The van der Waals surface area contributed by atoms with Gasteiger partial charge >= 0.3 is 6.61 Å². The van der Waals surface area contributed by atoms with E-state index in [4.69, 9.17) is 10.6 Å². The van der Waals surface area contributed by atoms with Crippen molar-refractivity contribution in [3.8, 4) is 5.75 Å². The van der Waals surface area contributed by atoms with E-state index in [1.165, 1.54) is 12.1 Å². The maximum atomic E-state index is 12.0. The molecule has 0 unspecified atom stereocenters. The van der Waals surface area contributed by atoms with Gasteiger partial charge in [0.05, 0.1) is 13.2 Å². The Labute approximate surface area is 109 Å². The van der Waals surface area contributed by atoms with E-state index in [-0.39, 0.29) is 5.75 Å². The third kappa shape index (κ3) is 5.98. The predicted octanol–water partition coefficient (Wildman–Crippen LogP) is 1.17. The summed E-state index contributed by atoms with van der Waals surface area (Å²) in [5.74, 6) is 5.72. The molecule has 0 amide bonds. The third-order valence-electron chi connectivity index (χ3n) is 2.04. The quantitative estimate of drug-likeness (QED) is 0.238. The second-order valence-corrected chi connectivity index (χ2v) is 3.40. The molecule has 19 heavy (non-hydrogen) atoms. The van der Waals surface area contributed by atoms with Crippen LogP contribution in [0.4, 0.5) is 14.5 Å². The van der Waals surface area contributed by atoms with E-state index < -0.39 is 6.61 Å². The summed E-state index contributed by atoms with van der Waals surface area (Å²) in [6, 6.07) is 5.97. The van der Waals surface area contributed by atoms with Crippen molar-refractivity contribution in [3.63, 3.8) is 0 Å². The molecule has 0 aromatic heterocycles. The number of ether oxygens (including phenoxy) is 2. The largest absolute Gasteiger partial charge is 0.435 e. The number of methoxy groups -OCH3 is 1. The van der Waals surface area contributed by atoms with Gasteiger partial charge in [-0.15, -0.1) is 0 Å². The number of nitrogens with one attached hydrogen (secondary N) is 2. The smallest absolute Gasteiger partial charge is 0.387 e. The maximum Gasteiger partial charge on any atom is 0.387 e. The molecule has 4 N–H and O–H groups in total. The van der Waals surface area contributed by atoms with Gasteiger partial charge in [-0.05, 0) is 24.3 Å². The molecule has 0 saturated carbocycles. The molecule has 0 radical (unpaired) electrons. The van der Waals surface area contributed by atoms with Gasteiger partial charge in [0.15, 0.2) is 0 Å². The molecule has 0 aliphatic heterocycles. The molecular weight excluding hydrogens is 258 g/mol. The number of nitrogens with two attached hydrogens (primary N) is 1. The first-order chi connectivity index (χ1) is 9.15. The topological polar surface area (TPSA) is 80.9 Å². The second-order valence-electron chi connectivity index (χ2n) is 3.40. The SMILES string of the molecule is COCCN=C(NN)Nc1ccc(OC(F)F)cc1. The van der Waals surface area contributed by atoms with Crippen molar-refractivity contribution in [2.24, 2.45) is 10.8 Å². The minimum atomic E-state index is -2.84. The minimum absolute atomic E-state index is 0.0825. The number of rotatable bonds is 6. The number of alkyl halides is 2. The van der Waals surface area contributed by atoms with E-state index in [2.05, 4.69) is 20.5 Å². The van der Waals surface area contributed by atoms with Crippen LogP contribution in [0.2, 0.25) is 0 Å². The normalized spacial score (nSPS) is 11.5. The van der Waals surface area contributed by atoms with Crippen LogP contribution in [0.15, 0.2) is 29.3 Å². The Balaban J connectivity index is 2.57. The highest BCUT2D eigenvalue weighted by atomic mass is 19.3. The standard InChI is InChI=1S/C11H16F2N4O2/c1-18-7-6-15-11(17-14)16-8-2-4-9(5-3-8)19-10(12)13/h2-5,10H,6-7,14H2,1H3,(H2,15,16,17).